The fourth-order valence-corrected chi connectivity index (χ4v) is 5.24. The van der Waals surface area contributed by atoms with Gasteiger partial charge in [0.1, 0.15) is 0 Å². The van der Waals surface area contributed by atoms with Gasteiger partial charge in [-0.2, -0.15) is 0 Å². The average molecular weight is 471 g/mol. The number of aryl methyl sites for hydroxylation is 2. The van der Waals surface area contributed by atoms with Crippen LogP contribution in [-0.4, -0.2) is 59.5 Å². The third-order valence-corrected chi connectivity index (χ3v) is 7.05. The lowest BCUT2D eigenvalue weighted by Crippen LogP contribution is -2.47. The zero-order valence-electron chi connectivity index (χ0n) is 20.0. The Kier molecular flexibility index (Phi) is 6.88. The molecule has 7 nitrogen and oxygen atoms in total. The number of benzene rings is 2. The topological polar surface area (TPSA) is 71.7 Å². The molecule has 1 aromatic heterocycles. The largest absolute Gasteiger partial charge is 0.490 e. The van der Waals surface area contributed by atoms with Crippen molar-refractivity contribution in [3.05, 3.63) is 105 Å². The molecule has 1 aliphatic carbocycles. The van der Waals surface area contributed by atoms with Crippen molar-refractivity contribution in [3.63, 3.8) is 0 Å². The van der Waals surface area contributed by atoms with Crippen molar-refractivity contribution in [2.75, 3.05) is 39.8 Å². The highest BCUT2D eigenvalue weighted by Crippen LogP contribution is 2.36. The molecule has 0 radical (unpaired) electrons. The lowest BCUT2D eigenvalue weighted by Gasteiger charge is -2.39. The van der Waals surface area contributed by atoms with Gasteiger partial charge in [-0.15, -0.1) is 0 Å². The van der Waals surface area contributed by atoms with Crippen LogP contribution in [0.2, 0.25) is 0 Å². The third kappa shape index (κ3) is 4.97. The molecule has 7 heteroatoms. The maximum Gasteiger partial charge on any atom is 0.310 e. The minimum absolute atomic E-state index is 0.0161. The first-order chi connectivity index (χ1) is 17.1. The first kappa shape index (κ1) is 23.2. The van der Waals surface area contributed by atoms with Crippen LogP contribution in [0.1, 0.15) is 34.0 Å². The molecule has 35 heavy (non-hydrogen) atoms. The SMILES string of the molecule is COc1cc(/C=C/CN2CCN(C3c4ccccc4CCc4ncccc43)CC2)ccc1[N+](=O)[O-]. The van der Waals surface area contributed by atoms with Crippen molar-refractivity contribution in [1.82, 2.24) is 14.8 Å². The van der Waals surface area contributed by atoms with Gasteiger partial charge in [-0.3, -0.25) is 24.9 Å². The van der Waals surface area contributed by atoms with Crippen LogP contribution in [0.25, 0.3) is 6.08 Å². The minimum Gasteiger partial charge on any atom is -0.490 e. The number of hydrogen-bond acceptors (Lipinski definition) is 6. The minimum atomic E-state index is -0.424. The van der Waals surface area contributed by atoms with Crippen LogP contribution >= 0.6 is 0 Å². The molecule has 0 spiro atoms. The zero-order chi connectivity index (χ0) is 24.2. The van der Waals surface area contributed by atoms with E-state index >= 15 is 0 Å². The standard InChI is InChI=1S/C28H30N4O3/c1-35-27-20-21(10-13-26(27)32(33)34)6-5-15-30-16-18-31(19-17-30)28-23-8-3-2-7-22(23)11-12-25-24(28)9-4-14-29-25/h2-10,13-14,20,28H,11-12,15-19H2,1H3/b6-5+. The van der Waals surface area contributed by atoms with Crippen molar-refractivity contribution in [3.8, 4) is 5.75 Å². The smallest absolute Gasteiger partial charge is 0.310 e. The van der Waals surface area contributed by atoms with Crippen LogP contribution in [0.15, 0.2) is 66.9 Å². The van der Waals surface area contributed by atoms with Crippen LogP contribution < -0.4 is 4.74 Å². The van der Waals surface area contributed by atoms with Crippen LogP contribution in [-0.2, 0) is 12.8 Å². The Labute approximate surface area is 205 Å². The average Bonchev–Trinajstić information content (AvgIpc) is 3.06. The number of nitro benzene ring substituents is 1. The fourth-order valence-electron chi connectivity index (χ4n) is 5.24. The number of methoxy groups -OCH3 is 1. The van der Waals surface area contributed by atoms with E-state index in [0.29, 0.717) is 0 Å². The maximum atomic E-state index is 11.1. The van der Waals surface area contributed by atoms with E-state index in [-0.39, 0.29) is 17.5 Å². The highest BCUT2D eigenvalue weighted by molar-refractivity contribution is 5.58. The molecule has 5 rings (SSSR count). The molecule has 1 fully saturated rings. The summed E-state index contributed by atoms with van der Waals surface area (Å²) in [5, 5.41) is 11.1. The predicted octanol–water partition coefficient (Wildman–Crippen LogP) is 4.52. The van der Waals surface area contributed by atoms with Gasteiger partial charge in [-0.1, -0.05) is 42.5 Å². The number of nitrogens with zero attached hydrogens (tertiary/aromatic N) is 4. The Morgan fingerprint density at radius 3 is 2.66 bits per heavy atom. The predicted molar refractivity (Wildman–Crippen MR) is 137 cm³/mol. The van der Waals surface area contributed by atoms with Crippen molar-refractivity contribution in [1.29, 1.82) is 0 Å². The Hall–Kier alpha value is -3.55. The number of rotatable bonds is 6. The third-order valence-electron chi connectivity index (χ3n) is 7.05. The number of pyridine rings is 1. The molecule has 2 heterocycles. The molecule has 0 bridgehead atoms. The van der Waals surface area contributed by atoms with E-state index in [1.807, 2.05) is 12.3 Å². The summed E-state index contributed by atoms with van der Waals surface area (Å²) in [5.74, 6) is 0.282. The van der Waals surface area contributed by atoms with E-state index in [1.54, 1.807) is 12.1 Å². The van der Waals surface area contributed by atoms with E-state index in [4.69, 9.17) is 9.72 Å². The Bertz CT molecular complexity index is 1190. The number of nitro groups is 1. The highest BCUT2D eigenvalue weighted by atomic mass is 16.6. The maximum absolute atomic E-state index is 11.1. The molecular weight excluding hydrogens is 440 g/mol. The molecule has 1 atom stereocenters. The number of ether oxygens (including phenoxy) is 1. The first-order valence-corrected chi connectivity index (χ1v) is 12.1. The molecule has 1 unspecified atom stereocenters. The molecule has 1 saturated heterocycles. The quantitative estimate of drug-likeness (QED) is 0.390. The number of piperazine rings is 1. The fraction of sp³-hybridized carbons (Fsp3) is 0.321. The van der Waals surface area contributed by atoms with Crippen LogP contribution in [0, 0.1) is 10.1 Å². The summed E-state index contributed by atoms with van der Waals surface area (Å²) in [4.78, 5) is 20.5. The van der Waals surface area contributed by atoms with Gasteiger partial charge in [0.25, 0.3) is 0 Å². The van der Waals surface area contributed by atoms with Gasteiger partial charge in [-0.25, -0.2) is 0 Å². The van der Waals surface area contributed by atoms with Crippen LogP contribution in [0.5, 0.6) is 5.75 Å². The van der Waals surface area contributed by atoms with Crippen LogP contribution in [0.4, 0.5) is 5.69 Å². The van der Waals surface area contributed by atoms with E-state index in [1.165, 1.54) is 35.6 Å². The molecule has 3 aromatic rings. The lowest BCUT2D eigenvalue weighted by molar-refractivity contribution is -0.385. The van der Waals surface area contributed by atoms with E-state index in [0.717, 1.165) is 51.1 Å². The van der Waals surface area contributed by atoms with Gasteiger partial charge in [0.15, 0.2) is 5.75 Å². The monoisotopic (exact) mass is 470 g/mol. The number of aromatic nitrogens is 1. The van der Waals surface area contributed by atoms with E-state index in [2.05, 4.69) is 52.3 Å². The molecule has 0 N–H and O–H groups in total. The second-order valence-electron chi connectivity index (χ2n) is 9.07. The number of fused-ring (bicyclic) bond motifs is 2. The van der Waals surface area contributed by atoms with Gasteiger partial charge < -0.3 is 4.74 Å². The molecular formula is C28H30N4O3. The Balaban J connectivity index is 1.26. The summed E-state index contributed by atoms with van der Waals surface area (Å²) >= 11 is 0. The van der Waals surface area contributed by atoms with Crippen molar-refractivity contribution < 1.29 is 9.66 Å². The molecule has 180 valence electrons. The van der Waals surface area contributed by atoms with Gasteiger partial charge in [0.05, 0.1) is 18.1 Å². The lowest BCUT2D eigenvalue weighted by atomic mass is 9.94. The summed E-state index contributed by atoms with van der Waals surface area (Å²) in [5.41, 5.74) is 6.29. The number of hydrogen-bond donors (Lipinski definition) is 0. The summed E-state index contributed by atoms with van der Waals surface area (Å²) in [6, 6.07) is 18.4. The van der Waals surface area contributed by atoms with Crippen molar-refractivity contribution in [2.24, 2.45) is 0 Å². The van der Waals surface area contributed by atoms with Crippen LogP contribution in [0.3, 0.4) is 0 Å². The second-order valence-corrected chi connectivity index (χ2v) is 9.07. The van der Waals surface area contributed by atoms with Crippen molar-refractivity contribution >= 4 is 11.8 Å². The van der Waals surface area contributed by atoms with Gasteiger partial charge in [-0.05, 0) is 53.3 Å². The molecule has 2 aliphatic rings. The summed E-state index contributed by atoms with van der Waals surface area (Å²) in [6.45, 7) is 4.80. The van der Waals surface area contributed by atoms with Crippen molar-refractivity contribution in [2.45, 2.75) is 18.9 Å². The summed E-state index contributed by atoms with van der Waals surface area (Å²) < 4.78 is 5.18. The molecule has 2 aromatic carbocycles. The Morgan fingerprint density at radius 1 is 1.06 bits per heavy atom. The second kappa shape index (κ2) is 10.4. The van der Waals surface area contributed by atoms with Gasteiger partial charge in [0, 0.05) is 50.7 Å². The van der Waals surface area contributed by atoms with Gasteiger partial charge in [0.2, 0.25) is 0 Å². The van der Waals surface area contributed by atoms with E-state index in [9.17, 15) is 10.1 Å². The highest BCUT2D eigenvalue weighted by Gasteiger charge is 2.31. The first-order valence-electron chi connectivity index (χ1n) is 12.1. The molecule has 1 aliphatic heterocycles. The summed E-state index contributed by atoms with van der Waals surface area (Å²) in [7, 11) is 1.45. The molecule has 0 amide bonds. The zero-order valence-corrected chi connectivity index (χ0v) is 20.0. The normalized spacial score (nSPS) is 18.6. The van der Waals surface area contributed by atoms with Gasteiger partial charge >= 0.3 is 5.69 Å². The van der Waals surface area contributed by atoms with E-state index < -0.39 is 4.92 Å². The summed E-state index contributed by atoms with van der Waals surface area (Å²) in [6.07, 6.45) is 8.06. The Morgan fingerprint density at radius 2 is 1.86 bits per heavy atom. The molecule has 0 saturated carbocycles.